The molecule has 1 fully saturated rings. The molecule has 1 aliphatic carbocycles. The molecule has 1 aromatic rings. The number of imidazole rings is 1. The van der Waals surface area contributed by atoms with Gasteiger partial charge in [-0.05, 0) is 12.3 Å². The molecule has 0 N–H and O–H groups in total. The molecule has 0 radical (unpaired) electrons. The predicted octanol–water partition coefficient (Wildman–Crippen LogP) is 2.81. The summed E-state index contributed by atoms with van der Waals surface area (Å²) in [6.07, 6.45) is 8.27. The first-order valence-electron chi connectivity index (χ1n) is 5.28. The molecule has 2 rings (SSSR count). The van der Waals surface area contributed by atoms with Crippen LogP contribution in [-0.4, -0.2) is 9.55 Å². The van der Waals surface area contributed by atoms with E-state index in [-0.39, 0.29) is 0 Å². The molecule has 0 saturated heterocycles. The molecular weight excluding hydrogens is 160 g/mol. The van der Waals surface area contributed by atoms with Crippen LogP contribution >= 0.6 is 0 Å². The van der Waals surface area contributed by atoms with E-state index in [1.165, 1.54) is 25.1 Å². The van der Waals surface area contributed by atoms with Crippen LogP contribution in [0.1, 0.15) is 44.9 Å². The summed E-state index contributed by atoms with van der Waals surface area (Å²) in [4.78, 5) is 4.38. The van der Waals surface area contributed by atoms with E-state index in [1.807, 2.05) is 6.20 Å². The Labute approximate surface area is 80.0 Å². The van der Waals surface area contributed by atoms with E-state index in [0.29, 0.717) is 5.92 Å². The fourth-order valence-electron chi connectivity index (χ4n) is 1.74. The third-order valence-electron chi connectivity index (χ3n) is 2.74. The fourth-order valence-corrected chi connectivity index (χ4v) is 1.74. The van der Waals surface area contributed by atoms with Crippen molar-refractivity contribution < 1.29 is 0 Å². The van der Waals surface area contributed by atoms with E-state index >= 15 is 0 Å². The van der Waals surface area contributed by atoms with Gasteiger partial charge in [0.2, 0.25) is 0 Å². The Morgan fingerprint density at radius 1 is 1.54 bits per heavy atom. The molecule has 13 heavy (non-hydrogen) atoms. The monoisotopic (exact) mass is 178 g/mol. The lowest BCUT2D eigenvalue weighted by molar-refractivity contribution is 0.559. The lowest BCUT2D eigenvalue weighted by atomic mass is 10.2. The molecule has 0 bridgehead atoms. The van der Waals surface area contributed by atoms with Gasteiger partial charge in [-0.25, -0.2) is 4.98 Å². The van der Waals surface area contributed by atoms with Crippen molar-refractivity contribution >= 4 is 0 Å². The summed E-state index contributed by atoms with van der Waals surface area (Å²) in [6.45, 7) is 5.57. The van der Waals surface area contributed by atoms with Gasteiger partial charge in [-0.15, -0.1) is 0 Å². The quantitative estimate of drug-likeness (QED) is 0.693. The molecular formula is C11H18N2. The Bertz CT molecular complexity index is 271. The van der Waals surface area contributed by atoms with Crippen LogP contribution in [0.25, 0.3) is 0 Å². The van der Waals surface area contributed by atoms with E-state index in [9.17, 15) is 0 Å². The van der Waals surface area contributed by atoms with Crippen LogP contribution in [0.2, 0.25) is 0 Å². The zero-order chi connectivity index (χ0) is 9.26. The smallest absolute Gasteiger partial charge is 0.111 e. The second-order valence-corrected chi connectivity index (χ2v) is 4.37. The average Bonchev–Trinajstić information content (AvgIpc) is 2.79. The van der Waals surface area contributed by atoms with Crippen molar-refractivity contribution in [2.24, 2.45) is 5.92 Å². The first kappa shape index (κ1) is 8.79. The molecule has 0 amide bonds. The summed E-state index contributed by atoms with van der Waals surface area (Å²) in [5.74, 6) is 2.80. The normalized spacial score (nSPS) is 16.8. The highest BCUT2D eigenvalue weighted by Gasteiger charge is 2.21. The minimum atomic E-state index is 0.550. The Balaban J connectivity index is 1.96. The van der Waals surface area contributed by atoms with Gasteiger partial charge in [-0.1, -0.05) is 26.7 Å². The SMILES string of the molecule is CC(C)c1nccn1CCC1CC1. The minimum Gasteiger partial charge on any atom is -0.335 e. The molecule has 0 spiro atoms. The number of aryl methyl sites for hydroxylation is 1. The van der Waals surface area contributed by atoms with Gasteiger partial charge >= 0.3 is 0 Å². The Morgan fingerprint density at radius 3 is 2.92 bits per heavy atom. The van der Waals surface area contributed by atoms with Crippen LogP contribution in [0.4, 0.5) is 0 Å². The van der Waals surface area contributed by atoms with Crippen LogP contribution < -0.4 is 0 Å². The number of hydrogen-bond acceptors (Lipinski definition) is 1. The summed E-state index contributed by atoms with van der Waals surface area (Å²) in [6, 6.07) is 0. The van der Waals surface area contributed by atoms with Gasteiger partial charge in [0.1, 0.15) is 5.82 Å². The lowest BCUT2D eigenvalue weighted by Crippen LogP contribution is -2.05. The summed E-state index contributed by atoms with van der Waals surface area (Å²) >= 11 is 0. The highest BCUT2D eigenvalue weighted by Crippen LogP contribution is 2.33. The predicted molar refractivity (Wildman–Crippen MR) is 53.7 cm³/mol. The largest absolute Gasteiger partial charge is 0.335 e. The number of nitrogens with zero attached hydrogens (tertiary/aromatic N) is 2. The maximum absolute atomic E-state index is 4.38. The molecule has 2 nitrogen and oxygen atoms in total. The Hall–Kier alpha value is -0.790. The average molecular weight is 178 g/mol. The third-order valence-corrected chi connectivity index (χ3v) is 2.74. The van der Waals surface area contributed by atoms with Crippen molar-refractivity contribution in [3.05, 3.63) is 18.2 Å². The molecule has 1 aromatic heterocycles. The molecule has 0 unspecified atom stereocenters. The fraction of sp³-hybridized carbons (Fsp3) is 0.727. The summed E-state index contributed by atoms with van der Waals surface area (Å²) in [5, 5.41) is 0. The molecule has 0 aliphatic heterocycles. The first-order valence-corrected chi connectivity index (χ1v) is 5.28. The Kier molecular flexibility index (Phi) is 2.38. The molecule has 1 saturated carbocycles. The summed E-state index contributed by atoms with van der Waals surface area (Å²) in [5.41, 5.74) is 0. The van der Waals surface area contributed by atoms with Gasteiger partial charge in [-0.2, -0.15) is 0 Å². The number of hydrogen-bond donors (Lipinski definition) is 0. The van der Waals surface area contributed by atoms with E-state index in [0.717, 1.165) is 12.5 Å². The van der Waals surface area contributed by atoms with E-state index in [1.54, 1.807) is 0 Å². The molecule has 0 atom stereocenters. The highest BCUT2D eigenvalue weighted by molar-refractivity contribution is 4.97. The van der Waals surface area contributed by atoms with Gasteiger partial charge < -0.3 is 4.57 Å². The lowest BCUT2D eigenvalue weighted by Gasteiger charge is -2.09. The maximum Gasteiger partial charge on any atom is 0.111 e. The van der Waals surface area contributed by atoms with Crippen molar-refractivity contribution in [3.63, 3.8) is 0 Å². The summed E-state index contributed by atoms with van der Waals surface area (Å²) in [7, 11) is 0. The standard InChI is InChI=1S/C11H18N2/c1-9(2)11-12-6-8-13(11)7-5-10-3-4-10/h6,8-10H,3-5,7H2,1-2H3. The van der Waals surface area contributed by atoms with Crippen LogP contribution in [0.15, 0.2) is 12.4 Å². The van der Waals surface area contributed by atoms with Crippen LogP contribution in [0.5, 0.6) is 0 Å². The summed E-state index contributed by atoms with van der Waals surface area (Å²) < 4.78 is 2.31. The second-order valence-electron chi connectivity index (χ2n) is 4.37. The second kappa shape index (κ2) is 3.52. The van der Waals surface area contributed by atoms with E-state index in [2.05, 4.69) is 29.6 Å². The van der Waals surface area contributed by atoms with Gasteiger partial charge in [-0.3, -0.25) is 0 Å². The molecule has 1 aliphatic rings. The first-order chi connectivity index (χ1) is 6.27. The van der Waals surface area contributed by atoms with Crippen molar-refractivity contribution in [1.82, 2.24) is 9.55 Å². The molecule has 1 heterocycles. The van der Waals surface area contributed by atoms with E-state index in [4.69, 9.17) is 0 Å². The van der Waals surface area contributed by atoms with Crippen LogP contribution in [-0.2, 0) is 6.54 Å². The zero-order valence-electron chi connectivity index (χ0n) is 8.53. The Morgan fingerprint density at radius 2 is 2.31 bits per heavy atom. The van der Waals surface area contributed by atoms with Crippen LogP contribution in [0, 0.1) is 5.92 Å². The zero-order valence-corrected chi connectivity index (χ0v) is 8.53. The van der Waals surface area contributed by atoms with Crippen molar-refractivity contribution in [2.75, 3.05) is 0 Å². The molecule has 72 valence electrons. The van der Waals surface area contributed by atoms with Gasteiger partial charge in [0.15, 0.2) is 0 Å². The van der Waals surface area contributed by atoms with Gasteiger partial charge in [0.25, 0.3) is 0 Å². The van der Waals surface area contributed by atoms with Crippen molar-refractivity contribution in [2.45, 2.75) is 45.6 Å². The molecule has 2 heteroatoms. The highest BCUT2D eigenvalue weighted by atomic mass is 15.1. The number of aromatic nitrogens is 2. The third kappa shape index (κ3) is 2.11. The van der Waals surface area contributed by atoms with Gasteiger partial charge in [0.05, 0.1) is 0 Å². The maximum atomic E-state index is 4.38. The number of rotatable bonds is 4. The van der Waals surface area contributed by atoms with Crippen molar-refractivity contribution in [1.29, 1.82) is 0 Å². The molecule has 0 aromatic carbocycles. The van der Waals surface area contributed by atoms with Crippen molar-refractivity contribution in [3.8, 4) is 0 Å². The minimum absolute atomic E-state index is 0.550. The topological polar surface area (TPSA) is 17.8 Å². The van der Waals surface area contributed by atoms with Gasteiger partial charge in [0, 0.05) is 24.9 Å². The van der Waals surface area contributed by atoms with E-state index < -0.39 is 0 Å². The van der Waals surface area contributed by atoms with Crippen LogP contribution in [0.3, 0.4) is 0 Å².